The summed E-state index contributed by atoms with van der Waals surface area (Å²) in [6.45, 7) is 0. The second kappa shape index (κ2) is 8.18. The van der Waals surface area contributed by atoms with E-state index in [0.717, 1.165) is 15.8 Å². The van der Waals surface area contributed by atoms with Crippen LogP contribution in [0.5, 0.6) is 0 Å². The molecule has 100 valence electrons. The van der Waals surface area contributed by atoms with Gasteiger partial charge in [-0.15, -0.1) is 0 Å². The van der Waals surface area contributed by atoms with Crippen LogP contribution < -0.4 is 5.32 Å². The molecular formula is C18H16BrN. The van der Waals surface area contributed by atoms with Crippen LogP contribution in [-0.4, -0.2) is 0 Å². The Kier molecular flexibility index (Phi) is 5.87. The van der Waals surface area contributed by atoms with E-state index >= 15 is 0 Å². The Labute approximate surface area is 128 Å². The van der Waals surface area contributed by atoms with Crippen molar-refractivity contribution in [1.82, 2.24) is 0 Å². The maximum atomic E-state index is 3.31. The highest BCUT2D eigenvalue weighted by molar-refractivity contribution is 9.10. The van der Waals surface area contributed by atoms with Crippen LogP contribution in [0.4, 0.5) is 11.4 Å². The molecule has 3 aromatic rings. The van der Waals surface area contributed by atoms with Crippen molar-refractivity contribution in [2.45, 2.75) is 0 Å². The molecule has 0 saturated heterocycles. The summed E-state index contributed by atoms with van der Waals surface area (Å²) in [5, 5.41) is 3.30. The summed E-state index contributed by atoms with van der Waals surface area (Å²) in [5.74, 6) is 0. The van der Waals surface area contributed by atoms with Gasteiger partial charge in [-0.2, -0.15) is 0 Å². The van der Waals surface area contributed by atoms with Gasteiger partial charge in [-0.25, -0.2) is 0 Å². The second-order valence-electron chi connectivity index (χ2n) is 4.15. The van der Waals surface area contributed by atoms with Gasteiger partial charge in [-0.1, -0.05) is 70.5 Å². The molecule has 0 aliphatic carbocycles. The molecule has 3 aromatic carbocycles. The van der Waals surface area contributed by atoms with Gasteiger partial charge >= 0.3 is 0 Å². The summed E-state index contributed by atoms with van der Waals surface area (Å²) in [7, 11) is 0. The summed E-state index contributed by atoms with van der Waals surface area (Å²) >= 11 is 3.31. The molecule has 0 saturated carbocycles. The number of hydrogen-bond donors (Lipinski definition) is 1. The Morgan fingerprint density at radius 1 is 0.500 bits per heavy atom. The molecule has 1 nitrogen and oxygen atoms in total. The third-order valence-corrected chi connectivity index (χ3v) is 3.10. The first-order valence-corrected chi connectivity index (χ1v) is 7.21. The molecule has 0 aliphatic heterocycles. The van der Waals surface area contributed by atoms with Gasteiger partial charge in [-0.05, 0) is 36.4 Å². The zero-order valence-electron chi connectivity index (χ0n) is 11.0. The lowest BCUT2D eigenvalue weighted by Gasteiger charge is -2.04. The monoisotopic (exact) mass is 325 g/mol. The lowest BCUT2D eigenvalue weighted by molar-refractivity contribution is 1.55. The number of rotatable bonds is 2. The van der Waals surface area contributed by atoms with E-state index in [-0.39, 0.29) is 0 Å². The van der Waals surface area contributed by atoms with E-state index in [1.54, 1.807) is 0 Å². The first-order chi connectivity index (χ1) is 9.84. The van der Waals surface area contributed by atoms with Crippen molar-refractivity contribution in [3.8, 4) is 0 Å². The molecule has 0 amide bonds. The number of halogens is 1. The van der Waals surface area contributed by atoms with Crippen molar-refractivity contribution in [2.75, 3.05) is 5.32 Å². The van der Waals surface area contributed by atoms with Gasteiger partial charge in [0.2, 0.25) is 0 Å². The molecule has 0 spiro atoms. The van der Waals surface area contributed by atoms with Gasteiger partial charge < -0.3 is 5.32 Å². The Bertz CT molecular complexity index is 557. The van der Waals surface area contributed by atoms with Crippen LogP contribution in [0, 0.1) is 0 Å². The van der Waals surface area contributed by atoms with Gasteiger partial charge in [0.15, 0.2) is 0 Å². The maximum absolute atomic E-state index is 3.31. The van der Waals surface area contributed by atoms with E-state index in [2.05, 4.69) is 21.2 Å². The highest BCUT2D eigenvalue weighted by atomic mass is 79.9. The average Bonchev–Trinajstić information content (AvgIpc) is 2.51. The minimum absolute atomic E-state index is 1.12. The fourth-order valence-electron chi connectivity index (χ4n) is 1.62. The number of para-hydroxylation sites is 2. The Morgan fingerprint density at radius 3 is 1.15 bits per heavy atom. The number of hydrogen-bond acceptors (Lipinski definition) is 1. The minimum atomic E-state index is 1.12. The van der Waals surface area contributed by atoms with Gasteiger partial charge in [0, 0.05) is 15.8 Å². The SMILES string of the molecule is Brc1ccccc1.c1ccc(Nc2ccccc2)cc1. The average molecular weight is 326 g/mol. The van der Waals surface area contributed by atoms with E-state index in [1.807, 2.05) is 91.0 Å². The number of nitrogens with one attached hydrogen (secondary N) is 1. The largest absolute Gasteiger partial charge is 0.356 e. The fraction of sp³-hybridized carbons (Fsp3) is 0. The second-order valence-corrected chi connectivity index (χ2v) is 5.07. The van der Waals surface area contributed by atoms with Gasteiger partial charge in [0.05, 0.1) is 0 Å². The standard InChI is InChI=1S/C12H11N.C6H5Br/c1-3-7-11(8-4-1)13-12-9-5-2-6-10-12;7-6-4-2-1-3-5-6/h1-10,13H;1-5H. The van der Waals surface area contributed by atoms with E-state index in [0.29, 0.717) is 0 Å². The molecule has 0 bridgehead atoms. The van der Waals surface area contributed by atoms with Gasteiger partial charge in [0.1, 0.15) is 0 Å². The quantitative estimate of drug-likeness (QED) is 0.620. The third kappa shape index (κ3) is 5.29. The van der Waals surface area contributed by atoms with Crippen LogP contribution in [0.2, 0.25) is 0 Å². The van der Waals surface area contributed by atoms with Crippen LogP contribution in [-0.2, 0) is 0 Å². The van der Waals surface area contributed by atoms with Gasteiger partial charge in [-0.3, -0.25) is 0 Å². The molecule has 0 heterocycles. The van der Waals surface area contributed by atoms with Gasteiger partial charge in [0.25, 0.3) is 0 Å². The summed E-state index contributed by atoms with van der Waals surface area (Å²) in [5.41, 5.74) is 2.24. The van der Waals surface area contributed by atoms with E-state index in [9.17, 15) is 0 Å². The normalized spacial score (nSPS) is 9.25. The smallest absolute Gasteiger partial charge is 0.0384 e. The molecule has 0 aliphatic rings. The number of benzene rings is 3. The molecular weight excluding hydrogens is 310 g/mol. The summed E-state index contributed by atoms with van der Waals surface area (Å²) in [6, 6.07) is 30.3. The molecule has 3 rings (SSSR count). The van der Waals surface area contributed by atoms with E-state index in [4.69, 9.17) is 0 Å². The highest BCUT2D eigenvalue weighted by Gasteiger charge is 1.89. The Hall–Kier alpha value is -2.06. The van der Waals surface area contributed by atoms with Crippen LogP contribution in [0.3, 0.4) is 0 Å². The summed E-state index contributed by atoms with van der Waals surface area (Å²) < 4.78 is 1.13. The molecule has 0 aromatic heterocycles. The van der Waals surface area contributed by atoms with Crippen molar-refractivity contribution < 1.29 is 0 Å². The zero-order valence-corrected chi connectivity index (χ0v) is 12.6. The lowest BCUT2D eigenvalue weighted by Crippen LogP contribution is -1.87. The zero-order chi connectivity index (χ0) is 14.0. The molecule has 1 N–H and O–H groups in total. The maximum Gasteiger partial charge on any atom is 0.0384 e. The first-order valence-electron chi connectivity index (χ1n) is 6.42. The predicted molar refractivity (Wildman–Crippen MR) is 90.3 cm³/mol. The van der Waals surface area contributed by atoms with Crippen molar-refractivity contribution in [3.63, 3.8) is 0 Å². The third-order valence-electron chi connectivity index (χ3n) is 2.57. The lowest BCUT2D eigenvalue weighted by atomic mass is 10.3. The topological polar surface area (TPSA) is 12.0 Å². The Morgan fingerprint density at radius 2 is 0.850 bits per heavy atom. The van der Waals surface area contributed by atoms with Crippen molar-refractivity contribution >= 4 is 27.3 Å². The van der Waals surface area contributed by atoms with Crippen molar-refractivity contribution in [3.05, 3.63) is 95.5 Å². The summed E-state index contributed by atoms with van der Waals surface area (Å²) in [6.07, 6.45) is 0. The highest BCUT2D eigenvalue weighted by Crippen LogP contribution is 2.14. The first kappa shape index (κ1) is 14.4. The molecule has 2 heteroatoms. The van der Waals surface area contributed by atoms with Crippen LogP contribution in [0.15, 0.2) is 95.5 Å². The summed E-state index contributed by atoms with van der Waals surface area (Å²) in [4.78, 5) is 0. The molecule has 0 radical (unpaired) electrons. The van der Waals surface area contributed by atoms with Crippen molar-refractivity contribution in [1.29, 1.82) is 0 Å². The van der Waals surface area contributed by atoms with Crippen LogP contribution in [0.1, 0.15) is 0 Å². The van der Waals surface area contributed by atoms with Crippen molar-refractivity contribution in [2.24, 2.45) is 0 Å². The molecule has 0 fully saturated rings. The molecule has 0 unspecified atom stereocenters. The fourth-order valence-corrected chi connectivity index (χ4v) is 1.93. The molecule has 0 atom stereocenters. The van der Waals surface area contributed by atoms with E-state index < -0.39 is 0 Å². The predicted octanol–water partition coefficient (Wildman–Crippen LogP) is 5.88. The van der Waals surface area contributed by atoms with E-state index in [1.165, 1.54) is 0 Å². The minimum Gasteiger partial charge on any atom is -0.356 e. The van der Waals surface area contributed by atoms with Crippen LogP contribution >= 0.6 is 15.9 Å². The Balaban J connectivity index is 0.000000178. The molecule has 20 heavy (non-hydrogen) atoms. The number of anilines is 2. The van der Waals surface area contributed by atoms with Crippen LogP contribution in [0.25, 0.3) is 0 Å².